The second kappa shape index (κ2) is 7.52. The van der Waals surface area contributed by atoms with Crippen molar-refractivity contribution in [1.82, 2.24) is 4.90 Å². The quantitative estimate of drug-likeness (QED) is 0.626. The Morgan fingerprint density at radius 3 is 2.32 bits per heavy atom. The molecule has 19 heavy (non-hydrogen) atoms. The molecule has 0 spiro atoms. The Morgan fingerprint density at radius 2 is 1.84 bits per heavy atom. The largest absolute Gasteiger partial charge is 0.336 e. The van der Waals surface area contributed by atoms with E-state index in [0.29, 0.717) is 17.9 Å². The molecule has 1 aliphatic rings. The van der Waals surface area contributed by atoms with Crippen molar-refractivity contribution in [3.63, 3.8) is 0 Å². The maximum atomic E-state index is 12.2. The van der Waals surface area contributed by atoms with Gasteiger partial charge in [-0.3, -0.25) is 4.79 Å². The lowest BCUT2D eigenvalue weighted by Gasteiger charge is -2.25. The summed E-state index contributed by atoms with van der Waals surface area (Å²) in [5, 5.41) is 0. The van der Waals surface area contributed by atoms with Crippen LogP contribution in [-0.2, 0) is 4.79 Å². The van der Waals surface area contributed by atoms with Gasteiger partial charge in [0.05, 0.1) is 0 Å². The van der Waals surface area contributed by atoms with Crippen LogP contribution in [0.25, 0.3) is 0 Å². The zero-order chi connectivity index (χ0) is 14.4. The maximum absolute atomic E-state index is 12.2. The number of rotatable bonds is 7. The maximum Gasteiger partial charge on any atom is 0.226 e. The van der Waals surface area contributed by atoms with Gasteiger partial charge in [-0.25, -0.2) is 0 Å². The first kappa shape index (κ1) is 16.0. The summed E-state index contributed by atoms with van der Waals surface area (Å²) < 4.78 is 0. The van der Waals surface area contributed by atoms with Crippen LogP contribution >= 0.6 is 0 Å². The van der Waals surface area contributed by atoms with Crippen LogP contribution < -0.4 is 0 Å². The van der Waals surface area contributed by atoms with E-state index < -0.39 is 0 Å². The summed E-state index contributed by atoms with van der Waals surface area (Å²) in [6, 6.07) is 0.301. The summed E-state index contributed by atoms with van der Waals surface area (Å²) in [5.41, 5.74) is 2.76. The third-order valence-electron chi connectivity index (χ3n) is 3.56. The van der Waals surface area contributed by atoms with Crippen molar-refractivity contribution < 1.29 is 4.79 Å². The van der Waals surface area contributed by atoms with Crippen LogP contribution in [0.4, 0.5) is 0 Å². The van der Waals surface area contributed by atoms with E-state index >= 15 is 0 Å². The van der Waals surface area contributed by atoms with Crippen LogP contribution in [0.1, 0.15) is 60.3 Å². The molecule has 0 aromatic carbocycles. The molecular weight excluding hydrogens is 234 g/mol. The number of hydrogen-bond acceptors (Lipinski definition) is 1. The predicted octanol–water partition coefficient (Wildman–Crippen LogP) is 4.33. The molecule has 0 radical (unpaired) electrons. The fourth-order valence-electron chi connectivity index (χ4n) is 2.06. The molecule has 108 valence electrons. The summed E-state index contributed by atoms with van der Waals surface area (Å²) in [5.74, 6) is 0.671. The van der Waals surface area contributed by atoms with Gasteiger partial charge < -0.3 is 4.90 Å². The van der Waals surface area contributed by atoms with Gasteiger partial charge in [0.2, 0.25) is 5.91 Å². The van der Waals surface area contributed by atoms with E-state index in [9.17, 15) is 4.79 Å². The smallest absolute Gasteiger partial charge is 0.226 e. The van der Waals surface area contributed by atoms with E-state index in [2.05, 4.69) is 46.8 Å². The van der Waals surface area contributed by atoms with Gasteiger partial charge in [0.15, 0.2) is 0 Å². The van der Waals surface area contributed by atoms with Crippen molar-refractivity contribution in [2.75, 3.05) is 6.54 Å². The Kier molecular flexibility index (Phi) is 6.33. The van der Waals surface area contributed by atoms with Gasteiger partial charge in [-0.15, -0.1) is 0 Å². The molecule has 2 heteroatoms. The van der Waals surface area contributed by atoms with Gasteiger partial charge >= 0.3 is 0 Å². The average Bonchev–Trinajstić information content (AvgIpc) is 3.11. The second-order valence-electron chi connectivity index (χ2n) is 6.23. The summed E-state index contributed by atoms with van der Waals surface area (Å²) in [4.78, 5) is 14.2. The molecule has 1 fully saturated rings. The van der Waals surface area contributed by atoms with Gasteiger partial charge in [0.1, 0.15) is 0 Å². The molecule has 1 aliphatic carbocycles. The van der Waals surface area contributed by atoms with Crippen molar-refractivity contribution in [1.29, 1.82) is 0 Å². The van der Waals surface area contributed by atoms with Crippen LogP contribution in [0, 0.1) is 5.92 Å². The fourth-order valence-corrected chi connectivity index (χ4v) is 2.06. The molecule has 2 nitrogen and oxygen atoms in total. The van der Waals surface area contributed by atoms with E-state index in [0.717, 1.165) is 32.2 Å². The van der Waals surface area contributed by atoms with Crippen molar-refractivity contribution in [2.24, 2.45) is 5.92 Å². The third-order valence-corrected chi connectivity index (χ3v) is 3.56. The Hall–Kier alpha value is -1.05. The highest BCUT2D eigenvalue weighted by Crippen LogP contribution is 2.31. The summed E-state index contributed by atoms with van der Waals surface area (Å²) >= 11 is 0. The average molecular weight is 263 g/mol. The fraction of sp³-hybridized carbons (Fsp3) is 0.706. The Balaban J connectivity index is 2.45. The van der Waals surface area contributed by atoms with E-state index in [4.69, 9.17) is 0 Å². The highest BCUT2D eigenvalue weighted by molar-refractivity contribution is 5.81. The number of carbonyl (C=O) groups is 1. The van der Waals surface area contributed by atoms with Crippen molar-refractivity contribution >= 4 is 5.91 Å². The van der Waals surface area contributed by atoms with Gasteiger partial charge in [0.25, 0.3) is 0 Å². The van der Waals surface area contributed by atoms with Crippen molar-refractivity contribution in [2.45, 2.75) is 66.3 Å². The van der Waals surface area contributed by atoms with Gasteiger partial charge in [-0.05, 0) is 60.3 Å². The van der Waals surface area contributed by atoms with Gasteiger partial charge in [-0.1, -0.05) is 23.3 Å². The molecule has 0 aromatic rings. The predicted molar refractivity (Wildman–Crippen MR) is 82.0 cm³/mol. The van der Waals surface area contributed by atoms with E-state index in [1.54, 1.807) is 0 Å². The van der Waals surface area contributed by atoms with Crippen molar-refractivity contribution in [3.05, 3.63) is 23.3 Å². The van der Waals surface area contributed by atoms with Crippen LogP contribution in [0.5, 0.6) is 0 Å². The first-order chi connectivity index (χ1) is 8.91. The standard InChI is InChI=1S/C17H29NO/c1-13(2)7-6-8-15(5)11-12-18(14(3)4)17(19)16-9-10-16/h7,11,14,16H,6,8-10,12H2,1-5H3/b15-11+. The molecule has 1 rings (SSSR count). The first-order valence-electron chi connectivity index (χ1n) is 7.51. The molecular formula is C17H29NO. The number of nitrogens with zero attached hydrogens (tertiary/aromatic N) is 1. The molecule has 0 atom stereocenters. The summed E-state index contributed by atoms with van der Waals surface area (Å²) in [7, 11) is 0. The van der Waals surface area contributed by atoms with E-state index in [1.165, 1.54) is 11.1 Å². The van der Waals surface area contributed by atoms with Crippen LogP contribution in [0.3, 0.4) is 0 Å². The highest BCUT2D eigenvalue weighted by Gasteiger charge is 2.33. The minimum atomic E-state index is 0.301. The lowest BCUT2D eigenvalue weighted by atomic mass is 10.1. The number of amides is 1. The van der Waals surface area contributed by atoms with E-state index in [-0.39, 0.29) is 0 Å². The SMILES string of the molecule is CC(C)=CCC/C(C)=C/CN(C(=O)C1CC1)C(C)C. The molecule has 0 aliphatic heterocycles. The minimum Gasteiger partial charge on any atom is -0.336 e. The zero-order valence-electron chi connectivity index (χ0n) is 13.2. The Bertz CT molecular complexity index is 357. The molecule has 0 N–H and O–H groups in total. The first-order valence-corrected chi connectivity index (χ1v) is 7.51. The van der Waals surface area contributed by atoms with Crippen LogP contribution in [0.2, 0.25) is 0 Å². The number of carbonyl (C=O) groups excluding carboxylic acids is 1. The number of hydrogen-bond donors (Lipinski definition) is 0. The Labute approximate surface area is 118 Å². The van der Waals surface area contributed by atoms with Gasteiger partial charge in [0, 0.05) is 18.5 Å². The molecule has 0 unspecified atom stereocenters. The molecule has 0 saturated heterocycles. The topological polar surface area (TPSA) is 20.3 Å². The van der Waals surface area contributed by atoms with E-state index in [1.807, 2.05) is 4.90 Å². The molecule has 1 saturated carbocycles. The van der Waals surface area contributed by atoms with Crippen molar-refractivity contribution in [3.8, 4) is 0 Å². The molecule has 0 aromatic heterocycles. The lowest BCUT2D eigenvalue weighted by Crippen LogP contribution is -2.38. The second-order valence-corrected chi connectivity index (χ2v) is 6.23. The summed E-state index contributed by atoms with van der Waals surface area (Å²) in [6.07, 6.45) is 8.86. The summed E-state index contributed by atoms with van der Waals surface area (Å²) in [6.45, 7) is 11.4. The molecule has 0 heterocycles. The minimum absolute atomic E-state index is 0.301. The normalized spacial score (nSPS) is 15.6. The molecule has 1 amide bonds. The molecule has 0 bridgehead atoms. The Morgan fingerprint density at radius 1 is 1.21 bits per heavy atom. The number of allylic oxidation sites excluding steroid dienone is 3. The monoisotopic (exact) mass is 263 g/mol. The van der Waals surface area contributed by atoms with Crippen LogP contribution in [-0.4, -0.2) is 23.4 Å². The lowest BCUT2D eigenvalue weighted by molar-refractivity contribution is -0.133. The third kappa shape index (κ3) is 6.09. The highest BCUT2D eigenvalue weighted by atomic mass is 16.2. The zero-order valence-corrected chi connectivity index (χ0v) is 13.2. The van der Waals surface area contributed by atoms with Gasteiger partial charge in [-0.2, -0.15) is 0 Å². The van der Waals surface area contributed by atoms with Crippen LogP contribution in [0.15, 0.2) is 23.3 Å².